The maximum atomic E-state index is 9.72. The van der Waals surface area contributed by atoms with Crippen LogP contribution >= 0.6 is 0 Å². The van der Waals surface area contributed by atoms with Crippen molar-refractivity contribution in [3.05, 3.63) is 23.5 Å². The van der Waals surface area contributed by atoms with E-state index in [1.807, 2.05) is 6.20 Å². The average molecular weight is 302 g/mol. The molecule has 5 nitrogen and oxygen atoms in total. The van der Waals surface area contributed by atoms with Crippen molar-refractivity contribution in [2.75, 3.05) is 5.32 Å². The Hall–Kier alpha value is -1.62. The highest BCUT2D eigenvalue weighted by Gasteiger charge is 2.24. The van der Waals surface area contributed by atoms with Crippen LogP contribution in [0.25, 0.3) is 5.52 Å². The quantitative estimate of drug-likeness (QED) is 0.910. The van der Waals surface area contributed by atoms with Gasteiger partial charge in [-0.05, 0) is 57.6 Å². The Kier molecular flexibility index (Phi) is 4.34. The fourth-order valence-electron chi connectivity index (χ4n) is 3.22. The SMILES string of the molecule is CC[C@H](C)Nc1ncc2c(C)cc(C3CCC(O)CC3)n2n1. The summed E-state index contributed by atoms with van der Waals surface area (Å²) in [6.45, 7) is 6.40. The molecule has 1 fully saturated rings. The predicted octanol–water partition coefficient (Wildman–Crippen LogP) is 3.27. The van der Waals surface area contributed by atoms with Gasteiger partial charge in [0.05, 0.1) is 17.8 Å². The average Bonchev–Trinajstić information content (AvgIpc) is 2.84. The first-order chi connectivity index (χ1) is 10.6. The summed E-state index contributed by atoms with van der Waals surface area (Å²) in [5, 5.41) is 17.8. The lowest BCUT2D eigenvalue weighted by atomic mass is 9.85. The van der Waals surface area contributed by atoms with Crippen LogP contribution in [0.4, 0.5) is 5.95 Å². The van der Waals surface area contributed by atoms with Gasteiger partial charge in [-0.25, -0.2) is 9.50 Å². The molecule has 120 valence electrons. The Morgan fingerprint density at radius 2 is 2.09 bits per heavy atom. The van der Waals surface area contributed by atoms with Crippen LogP contribution < -0.4 is 5.32 Å². The lowest BCUT2D eigenvalue weighted by molar-refractivity contribution is 0.121. The second kappa shape index (κ2) is 6.24. The number of aryl methyl sites for hydroxylation is 1. The number of rotatable bonds is 4. The van der Waals surface area contributed by atoms with Crippen LogP contribution in [0.5, 0.6) is 0 Å². The first-order valence-corrected chi connectivity index (χ1v) is 8.38. The van der Waals surface area contributed by atoms with Gasteiger partial charge in [0.1, 0.15) is 0 Å². The van der Waals surface area contributed by atoms with E-state index in [9.17, 15) is 5.11 Å². The first-order valence-electron chi connectivity index (χ1n) is 8.38. The Bertz CT molecular complexity index is 643. The highest BCUT2D eigenvalue weighted by atomic mass is 16.3. The smallest absolute Gasteiger partial charge is 0.241 e. The van der Waals surface area contributed by atoms with E-state index >= 15 is 0 Å². The Balaban J connectivity index is 1.93. The third kappa shape index (κ3) is 2.95. The van der Waals surface area contributed by atoms with Gasteiger partial charge in [0.15, 0.2) is 0 Å². The maximum absolute atomic E-state index is 9.72. The van der Waals surface area contributed by atoms with E-state index in [-0.39, 0.29) is 6.10 Å². The van der Waals surface area contributed by atoms with E-state index in [4.69, 9.17) is 5.10 Å². The van der Waals surface area contributed by atoms with Gasteiger partial charge in [-0.15, -0.1) is 5.10 Å². The van der Waals surface area contributed by atoms with E-state index in [0.717, 1.165) is 37.6 Å². The van der Waals surface area contributed by atoms with Crippen LogP contribution in [0.2, 0.25) is 0 Å². The molecule has 1 atom stereocenters. The molecule has 0 aliphatic heterocycles. The zero-order chi connectivity index (χ0) is 15.7. The highest BCUT2D eigenvalue weighted by molar-refractivity contribution is 5.56. The molecule has 0 spiro atoms. The standard InChI is InChI=1S/C17H26N4O/c1-4-12(3)19-17-18-10-16-11(2)9-15(21(16)20-17)13-5-7-14(22)8-6-13/h9-10,12-14,22H,4-8H2,1-3H3,(H,19,20)/t12-,13?,14?/m0/s1. The van der Waals surface area contributed by atoms with Crippen molar-refractivity contribution in [3.8, 4) is 0 Å². The van der Waals surface area contributed by atoms with Gasteiger partial charge in [0.25, 0.3) is 0 Å². The van der Waals surface area contributed by atoms with Crippen molar-refractivity contribution in [1.82, 2.24) is 14.6 Å². The van der Waals surface area contributed by atoms with Gasteiger partial charge in [-0.2, -0.15) is 0 Å². The molecule has 0 bridgehead atoms. The second-order valence-electron chi connectivity index (χ2n) is 6.59. The largest absolute Gasteiger partial charge is 0.393 e. The lowest BCUT2D eigenvalue weighted by Crippen LogP contribution is -2.19. The van der Waals surface area contributed by atoms with Crippen LogP contribution in [0.15, 0.2) is 12.3 Å². The molecule has 0 saturated heterocycles. The lowest BCUT2D eigenvalue weighted by Gasteiger charge is -2.25. The van der Waals surface area contributed by atoms with Gasteiger partial charge < -0.3 is 10.4 Å². The third-order valence-corrected chi connectivity index (χ3v) is 4.85. The van der Waals surface area contributed by atoms with Gasteiger partial charge >= 0.3 is 0 Å². The van der Waals surface area contributed by atoms with Gasteiger partial charge in [-0.1, -0.05) is 6.92 Å². The van der Waals surface area contributed by atoms with Crippen molar-refractivity contribution in [2.24, 2.45) is 0 Å². The van der Waals surface area contributed by atoms with Crippen molar-refractivity contribution in [3.63, 3.8) is 0 Å². The number of aromatic nitrogens is 3. The van der Waals surface area contributed by atoms with E-state index in [1.54, 1.807) is 0 Å². The van der Waals surface area contributed by atoms with Crippen LogP contribution in [-0.4, -0.2) is 31.9 Å². The fraction of sp³-hybridized carbons (Fsp3) is 0.647. The Morgan fingerprint density at radius 1 is 1.36 bits per heavy atom. The molecular formula is C17H26N4O. The number of hydrogen-bond acceptors (Lipinski definition) is 4. The van der Waals surface area contributed by atoms with Crippen molar-refractivity contribution >= 4 is 11.5 Å². The molecular weight excluding hydrogens is 276 g/mol. The molecule has 1 aliphatic carbocycles. The maximum Gasteiger partial charge on any atom is 0.241 e. The second-order valence-corrected chi connectivity index (χ2v) is 6.59. The summed E-state index contributed by atoms with van der Waals surface area (Å²) in [7, 11) is 0. The molecule has 2 N–H and O–H groups in total. The summed E-state index contributed by atoms with van der Waals surface area (Å²) in [6.07, 6.45) is 6.67. The predicted molar refractivity (Wildman–Crippen MR) is 88.3 cm³/mol. The molecule has 22 heavy (non-hydrogen) atoms. The molecule has 5 heteroatoms. The van der Waals surface area contributed by atoms with Gasteiger partial charge in [0, 0.05) is 17.7 Å². The number of nitrogens with zero attached hydrogens (tertiary/aromatic N) is 3. The molecule has 1 saturated carbocycles. The van der Waals surface area contributed by atoms with Crippen LogP contribution in [-0.2, 0) is 0 Å². The molecule has 2 aromatic rings. The number of anilines is 1. The van der Waals surface area contributed by atoms with Crippen LogP contribution in [0, 0.1) is 6.92 Å². The molecule has 0 unspecified atom stereocenters. The van der Waals surface area contributed by atoms with Crippen molar-refractivity contribution in [1.29, 1.82) is 0 Å². The summed E-state index contributed by atoms with van der Waals surface area (Å²) in [5.74, 6) is 1.17. The molecule has 0 amide bonds. The summed E-state index contributed by atoms with van der Waals surface area (Å²) in [5.41, 5.74) is 3.56. The minimum Gasteiger partial charge on any atom is -0.393 e. The number of aliphatic hydroxyl groups is 1. The number of fused-ring (bicyclic) bond motifs is 1. The number of hydrogen-bond donors (Lipinski definition) is 2. The molecule has 3 rings (SSSR count). The number of nitrogens with one attached hydrogen (secondary N) is 1. The highest BCUT2D eigenvalue weighted by Crippen LogP contribution is 2.34. The minimum atomic E-state index is -0.124. The normalized spacial score (nSPS) is 23.6. The first kappa shape index (κ1) is 15.3. The fourth-order valence-corrected chi connectivity index (χ4v) is 3.22. The van der Waals surface area contributed by atoms with Crippen molar-refractivity contribution < 1.29 is 5.11 Å². The topological polar surface area (TPSA) is 62.5 Å². The molecule has 1 aliphatic rings. The molecule has 2 heterocycles. The molecule has 0 aromatic carbocycles. The van der Waals surface area contributed by atoms with Crippen LogP contribution in [0.1, 0.15) is 63.1 Å². The summed E-state index contributed by atoms with van der Waals surface area (Å²) in [6, 6.07) is 2.60. The Morgan fingerprint density at radius 3 is 2.77 bits per heavy atom. The van der Waals surface area contributed by atoms with E-state index in [2.05, 4.69) is 41.7 Å². The monoisotopic (exact) mass is 302 g/mol. The summed E-state index contributed by atoms with van der Waals surface area (Å²) >= 11 is 0. The zero-order valence-corrected chi connectivity index (χ0v) is 13.7. The molecule has 2 aromatic heterocycles. The van der Waals surface area contributed by atoms with Crippen LogP contribution in [0.3, 0.4) is 0 Å². The van der Waals surface area contributed by atoms with Gasteiger partial charge in [0.2, 0.25) is 5.95 Å². The molecule has 0 radical (unpaired) electrons. The summed E-state index contributed by atoms with van der Waals surface area (Å²) < 4.78 is 2.05. The number of aliphatic hydroxyl groups excluding tert-OH is 1. The Labute approximate surface area is 131 Å². The zero-order valence-electron chi connectivity index (χ0n) is 13.7. The van der Waals surface area contributed by atoms with E-state index < -0.39 is 0 Å². The van der Waals surface area contributed by atoms with E-state index in [1.165, 1.54) is 11.3 Å². The van der Waals surface area contributed by atoms with E-state index in [0.29, 0.717) is 17.9 Å². The van der Waals surface area contributed by atoms with Gasteiger partial charge in [-0.3, -0.25) is 0 Å². The van der Waals surface area contributed by atoms with Crippen molar-refractivity contribution in [2.45, 2.75) is 70.9 Å². The summed E-state index contributed by atoms with van der Waals surface area (Å²) in [4.78, 5) is 4.44. The minimum absolute atomic E-state index is 0.124. The third-order valence-electron chi connectivity index (χ3n) is 4.85.